The number of hydrogen-bond acceptors (Lipinski definition) is 4. The van der Waals surface area contributed by atoms with Crippen molar-refractivity contribution in [3.05, 3.63) is 23.0 Å². The lowest BCUT2D eigenvalue weighted by atomic mass is 10.3. The predicted molar refractivity (Wildman–Crippen MR) is 64.2 cm³/mol. The van der Waals surface area contributed by atoms with Gasteiger partial charge in [-0.2, -0.15) is 5.10 Å². The van der Waals surface area contributed by atoms with Crippen molar-refractivity contribution in [3.63, 3.8) is 0 Å². The van der Waals surface area contributed by atoms with E-state index in [4.69, 9.17) is 16.7 Å². The highest BCUT2D eigenvalue weighted by molar-refractivity contribution is 6.29. The average molecular weight is 269 g/mol. The van der Waals surface area contributed by atoms with Crippen LogP contribution in [0.4, 0.5) is 4.79 Å². The van der Waals surface area contributed by atoms with Gasteiger partial charge in [0.25, 0.3) is 0 Å². The van der Waals surface area contributed by atoms with Gasteiger partial charge >= 0.3 is 6.09 Å². The van der Waals surface area contributed by atoms with Crippen LogP contribution in [0.25, 0.3) is 0 Å². The summed E-state index contributed by atoms with van der Waals surface area (Å²) in [6.07, 6.45) is -0.815. The fourth-order valence-corrected chi connectivity index (χ4v) is 2.75. The van der Waals surface area contributed by atoms with E-state index in [9.17, 15) is 4.79 Å². The number of amides is 1. The summed E-state index contributed by atoms with van der Waals surface area (Å²) in [5, 5.41) is 20.4. The molecule has 1 aromatic heterocycles. The summed E-state index contributed by atoms with van der Waals surface area (Å²) in [6.45, 7) is 1.93. The largest absolute Gasteiger partial charge is 0.465 e. The molecular weight excluding hydrogens is 256 g/mol. The van der Waals surface area contributed by atoms with Crippen molar-refractivity contribution < 1.29 is 9.90 Å². The summed E-state index contributed by atoms with van der Waals surface area (Å²) < 4.78 is 0. The van der Waals surface area contributed by atoms with Crippen LogP contribution < -0.4 is 5.32 Å². The van der Waals surface area contributed by atoms with E-state index in [2.05, 4.69) is 15.5 Å². The second-order valence-corrected chi connectivity index (χ2v) is 5.16. The molecule has 18 heavy (non-hydrogen) atoms. The van der Waals surface area contributed by atoms with Gasteiger partial charge in [-0.25, -0.2) is 4.79 Å². The second-order valence-electron chi connectivity index (χ2n) is 4.77. The molecule has 2 N–H and O–H groups in total. The fourth-order valence-electron chi connectivity index (χ4n) is 2.65. The predicted octanol–water partition coefficient (Wildman–Crippen LogP) is 0.828. The number of fused-ring (bicyclic) bond motifs is 1. The van der Waals surface area contributed by atoms with Crippen LogP contribution in [0.5, 0.6) is 0 Å². The maximum Gasteiger partial charge on any atom is 0.407 e. The Labute approximate surface area is 109 Å². The third kappa shape index (κ3) is 2.13. The third-order valence-electron chi connectivity index (χ3n) is 3.67. The summed E-state index contributed by atoms with van der Waals surface area (Å²) in [4.78, 5) is 12.2. The Hall–Kier alpha value is -1.40. The maximum atomic E-state index is 10.8. The zero-order valence-electron chi connectivity index (χ0n) is 9.58. The molecule has 1 aliphatic heterocycles. The van der Waals surface area contributed by atoms with Crippen LogP contribution in [-0.4, -0.2) is 45.4 Å². The van der Waals surface area contributed by atoms with E-state index in [1.54, 1.807) is 6.07 Å². The van der Waals surface area contributed by atoms with Gasteiger partial charge in [-0.3, -0.25) is 0 Å². The zero-order valence-corrected chi connectivity index (χ0v) is 10.3. The molecule has 0 aromatic carbocycles. The highest BCUT2D eigenvalue weighted by Gasteiger charge is 2.56. The molecule has 1 aromatic rings. The quantitative estimate of drug-likeness (QED) is 0.849. The lowest BCUT2D eigenvalue weighted by Gasteiger charge is -2.16. The first-order valence-electron chi connectivity index (χ1n) is 5.84. The molecule has 0 spiro atoms. The van der Waals surface area contributed by atoms with Crippen LogP contribution in [0.2, 0.25) is 5.15 Å². The topological polar surface area (TPSA) is 78.4 Å². The standard InChI is InChI=1S/C11H13ClN4O2/c12-9-2-1-6(14-15-9)3-13-10-7-4-16(11(17)18)5-8(7)10/h1-2,7-8,10,13H,3-5H2,(H,17,18)/t7-,8+,10?. The smallest absolute Gasteiger partial charge is 0.407 e. The SMILES string of the molecule is O=C(O)N1C[C@@H]2C(NCc3ccc(Cl)nn3)[C@@H]2C1. The number of carbonyl (C=O) groups is 1. The molecule has 1 saturated carbocycles. The van der Waals surface area contributed by atoms with E-state index in [0.717, 1.165) is 5.69 Å². The summed E-state index contributed by atoms with van der Waals surface area (Å²) in [5.74, 6) is 0.919. The van der Waals surface area contributed by atoms with Gasteiger partial charge in [0, 0.05) is 25.7 Å². The molecule has 1 saturated heterocycles. The highest BCUT2D eigenvalue weighted by Crippen LogP contribution is 2.45. The summed E-state index contributed by atoms with van der Waals surface area (Å²) >= 11 is 5.66. The van der Waals surface area contributed by atoms with Gasteiger partial charge in [0.15, 0.2) is 5.15 Å². The molecule has 3 atom stereocenters. The second kappa shape index (κ2) is 4.37. The Bertz CT molecular complexity index is 455. The van der Waals surface area contributed by atoms with Crippen molar-refractivity contribution >= 4 is 17.7 Å². The molecule has 7 heteroatoms. The normalized spacial score (nSPS) is 29.2. The number of hydrogen-bond donors (Lipinski definition) is 2. The Balaban J connectivity index is 1.47. The zero-order chi connectivity index (χ0) is 12.7. The van der Waals surface area contributed by atoms with Gasteiger partial charge in [-0.1, -0.05) is 11.6 Å². The minimum atomic E-state index is -0.815. The van der Waals surface area contributed by atoms with Crippen molar-refractivity contribution in [3.8, 4) is 0 Å². The van der Waals surface area contributed by atoms with Crippen LogP contribution in [0.1, 0.15) is 5.69 Å². The number of piperidine rings is 1. The number of aromatic nitrogens is 2. The molecule has 1 unspecified atom stereocenters. The van der Waals surface area contributed by atoms with Crippen LogP contribution in [0, 0.1) is 11.8 Å². The summed E-state index contributed by atoms with van der Waals surface area (Å²) in [7, 11) is 0. The fraction of sp³-hybridized carbons (Fsp3) is 0.545. The molecule has 2 heterocycles. The monoisotopic (exact) mass is 268 g/mol. The van der Waals surface area contributed by atoms with Crippen molar-refractivity contribution in [2.45, 2.75) is 12.6 Å². The van der Waals surface area contributed by atoms with Gasteiger partial charge in [-0.15, -0.1) is 5.10 Å². The number of nitrogens with zero attached hydrogens (tertiary/aromatic N) is 3. The van der Waals surface area contributed by atoms with E-state index in [0.29, 0.717) is 42.7 Å². The third-order valence-corrected chi connectivity index (χ3v) is 3.87. The minimum Gasteiger partial charge on any atom is -0.465 e. The molecule has 2 aliphatic rings. The van der Waals surface area contributed by atoms with Crippen molar-refractivity contribution in [2.75, 3.05) is 13.1 Å². The first-order valence-corrected chi connectivity index (χ1v) is 6.22. The average Bonchev–Trinajstić information content (AvgIpc) is 2.81. The van der Waals surface area contributed by atoms with Gasteiger partial charge in [0.05, 0.1) is 5.69 Å². The lowest BCUT2D eigenvalue weighted by Crippen LogP contribution is -2.34. The van der Waals surface area contributed by atoms with Crippen molar-refractivity contribution in [1.29, 1.82) is 0 Å². The Kier molecular flexibility index (Phi) is 2.83. The highest BCUT2D eigenvalue weighted by atomic mass is 35.5. The minimum absolute atomic E-state index is 0.388. The van der Waals surface area contributed by atoms with E-state index in [1.807, 2.05) is 6.07 Å². The lowest BCUT2D eigenvalue weighted by molar-refractivity contribution is 0.149. The molecule has 1 amide bonds. The van der Waals surface area contributed by atoms with Gasteiger partial charge < -0.3 is 15.3 Å². The first kappa shape index (κ1) is 11.7. The Morgan fingerprint density at radius 3 is 2.72 bits per heavy atom. The molecule has 6 nitrogen and oxygen atoms in total. The molecule has 96 valence electrons. The van der Waals surface area contributed by atoms with Crippen molar-refractivity contribution in [1.82, 2.24) is 20.4 Å². The van der Waals surface area contributed by atoms with Crippen LogP contribution in [0.15, 0.2) is 12.1 Å². The number of rotatable bonds is 3. The molecule has 0 radical (unpaired) electrons. The number of halogens is 1. The van der Waals surface area contributed by atoms with Gasteiger partial charge in [0.2, 0.25) is 0 Å². The first-order chi connectivity index (χ1) is 8.65. The summed E-state index contributed by atoms with van der Waals surface area (Å²) in [6, 6.07) is 3.97. The van der Waals surface area contributed by atoms with Gasteiger partial charge in [-0.05, 0) is 24.0 Å². The molecule has 3 rings (SSSR count). The molecular formula is C11H13ClN4O2. The summed E-state index contributed by atoms with van der Waals surface area (Å²) in [5.41, 5.74) is 0.847. The van der Waals surface area contributed by atoms with Crippen LogP contribution in [0.3, 0.4) is 0 Å². The maximum absolute atomic E-state index is 10.8. The molecule has 0 bridgehead atoms. The van der Waals surface area contributed by atoms with E-state index in [1.165, 1.54) is 4.90 Å². The van der Waals surface area contributed by atoms with Crippen molar-refractivity contribution in [2.24, 2.45) is 11.8 Å². The molecule has 1 aliphatic carbocycles. The van der Waals surface area contributed by atoms with E-state index in [-0.39, 0.29) is 0 Å². The number of nitrogens with one attached hydrogen (secondary N) is 1. The number of likely N-dealkylation sites (tertiary alicyclic amines) is 1. The number of carboxylic acid groups (broad SMARTS) is 1. The van der Waals surface area contributed by atoms with E-state index < -0.39 is 6.09 Å². The van der Waals surface area contributed by atoms with Crippen LogP contribution >= 0.6 is 11.6 Å². The van der Waals surface area contributed by atoms with Crippen LogP contribution in [-0.2, 0) is 6.54 Å². The van der Waals surface area contributed by atoms with E-state index >= 15 is 0 Å². The molecule has 2 fully saturated rings. The Morgan fingerprint density at radius 1 is 1.44 bits per heavy atom. The Morgan fingerprint density at radius 2 is 2.17 bits per heavy atom. The van der Waals surface area contributed by atoms with Gasteiger partial charge in [0.1, 0.15) is 0 Å².